The predicted molar refractivity (Wildman–Crippen MR) is 69.4 cm³/mol. The van der Waals surface area contributed by atoms with Crippen molar-refractivity contribution in [2.75, 3.05) is 13.2 Å². The summed E-state index contributed by atoms with van der Waals surface area (Å²) in [5, 5.41) is 0. The van der Waals surface area contributed by atoms with Crippen molar-refractivity contribution in [3.63, 3.8) is 0 Å². The summed E-state index contributed by atoms with van der Waals surface area (Å²) in [6.07, 6.45) is 5.27. The second-order valence-corrected chi connectivity index (χ2v) is 4.01. The van der Waals surface area contributed by atoms with Crippen molar-refractivity contribution in [2.45, 2.75) is 6.92 Å². The smallest absolute Gasteiger partial charge is 0.307 e. The van der Waals surface area contributed by atoms with Gasteiger partial charge in [0, 0.05) is 6.92 Å². The molecular weight excluding hydrogens is 228 g/mol. The van der Waals surface area contributed by atoms with E-state index < -0.39 is 0 Å². The summed E-state index contributed by atoms with van der Waals surface area (Å²) in [5.41, 5.74) is 2.25. The van der Waals surface area contributed by atoms with E-state index in [0.29, 0.717) is 13.2 Å². The molecule has 0 amide bonds. The Balaban J connectivity index is 2.06. The molecule has 0 N–H and O–H groups in total. The average Bonchev–Trinajstić information content (AvgIpc) is 2.78. The molecule has 1 saturated heterocycles. The third-order valence-corrected chi connectivity index (χ3v) is 2.57. The Labute approximate surface area is 107 Å². The summed E-state index contributed by atoms with van der Waals surface area (Å²) < 4.78 is 10.2. The molecule has 0 unspecified atom stereocenters. The lowest BCUT2D eigenvalue weighted by Gasteiger charge is -2.03. The molecule has 0 saturated carbocycles. The topological polar surface area (TPSA) is 35.5 Å². The molecule has 1 aromatic carbocycles. The molecule has 1 aliphatic heterocycles. The molecule has 1 aliphatic rings. The first-order valence-electron chi connectivity index (χ1n) is 5.79. The average molecular weight is 243 g/mol. The predicted octanol–water partition coefficient (Wildman–Crippen LogP) is 2.75. The van der Waals surface area contributed by atoms with Crippen molar-refractivity contribution < 1.29 is 14.3 Å². The number of ether oxygens (including phenoxy) is 2. The second-order valence-electron chi connectivity index (χ2n) is 4.01. The number of rotatable bonds is 3. The van der Waals surface area contributed by atoms with E-state index in [1.54, 1.807) is 6.08 Å². The standard InChI is InChI=1S/C15H15O3/c1-12(16)18-8-7-14-10-17-11-15(14)9-13-5-3-2-4-6-13/h2-9H,10-11H2,1H3/b8-7+,15-9-. The van der Waals surface area contributed by atoms with Gasteiger partial charge in [0.25, 0.3) is 0 Å². The first-order valence-corrected chi connectivity index (χ1v) is 5.79. The van der Waals surface area contributed by atoms with E-state index in [1.165, 1.54) is 13.2 Å². The molecule has 0 bridgehead atoms. The van der Waals surface area contributed by atoms with Crippen LogP contribution in [0.5, 0.6) is 0 Å². The summed E-state index contributed by atoms with van der Waals surface area (Å²) in [7, 11) is 0. The van der Waals surface area contributed by atoms with Gasteiger partial charge in [0.05, 0.1) is 25.4 Å². The number of benzene rings is 1. The molecule has 93 valence electrons. The summed E-state index contributed by atoms with van der Waals surface area (Å²) in [4.78, 5) is 10.7. The van der Waals surface area contributed by atoms with E-state index in [1.807, 2.05) is 30.3 Å². The van der Waals surface area contributed by atoms with Gasteiger partial charge in [-0.2, -0.15) is 0 Å². The van der Waals surface area contributed by atoms with Crippen LogP contribution in [0.15, 0.2) is 48.2 Å². The van der Waals surface area contributed by atoms with Gasteiger partial charge in [-0.1, -0.05) is 36.4 Å². The maximum atomic E-state index is 10.7. The van der Waals surface area contributed by atoms with Crippen molar-refractivity contribution in [1.29, 1.82) is 0 Å². The van der Waals surface area contributed by atoms with Gasteiger partial charge in [-0.3, -0.25) is 4.79 Å². The van der Waals surface area contributed by atoms with Gasteiger partial charge in [0.1, 0.15) is 0 Å². The molecule has 1 radical (unpaired) electrons. The Kier molecular flexibility index (Phi) is 4.31. The van der Waals surface area contributed by atoms with Gasteiger partial charge in [0.15, 0.2) is 0 Å². The Hall–Kier alpha value is -1.87. The van der Waals surface area contributed by atoms with Crippen LogP contribution >= 0.6 is 0 Å². The maximum absolute atomic E-state index is 10.7. The summed E-state index contributed by atoms with van der Waals surface area (Å²) in [6.45, 7) is 2.52. The van der Waals surface area contributed by atoms with Crippen molar-refractivity contribution in [3.8, 4) is 0 Å². The Bertz CT molecular complexity index is 460. The van der Waals surface area contributed by atoms with Gasteiger partial charge in [-0.15, -0.1) is 0 Å². The lowest BCUT2D eigenvalue weighted by molar-refractivity contribution is -0.135. The first-order chi connectivity index (χ1) is 8.75. The molecule has 0 spiro atoms. The highest BCUT2D eigenvalue weighted by Gasteiger charge is 2.19. The van der Waals surface area contributed by atoms with Crippen LogP contribution in [0.4, 0.5) is 0 Å². The van der Waals surface area contributed by atoms with Crippen LogP contribution in [0.1, 0.15) is 12.5 Å². The lowest BCUT2D eigenvalue weighted by Crippen LogP contribution is -1.96. The molecule has 0 aromatic heterocycles. The highest BCUT2D eigenvalue weighted by molar-refractivity contribution is 5.67. The second kappa shape index (κ2) is 6.17. The molecule has 0 aliphatic carbocycles. The van der Waals surface area contributed by atoms with Crippen LogP contribution in [0.3, 0.4) is 0 Å². The van der Waals surface area contributed by atoms with E-state index >= 15 is 0 Å². The number of carbonyl (C=O) groups is 1. The van der Waals surface area contributed by atoms with Crippen LogP contribution in [0, 0.1) is 5.92 Å². The number of esters is 1. The van der Waals surface area contributed by atoms with Crippen LogP contribution in [-0.2, 0) is 14.3 Å². The lowest BCUT2D eigenvalue weighted by atomic mass is 10.0. The van der Waals surface area contributed by atoms with Crippen LogP contribution in [0.2, 0.25) is 0 Å². The van der Waals surface area contributed by atoms with Crippen LogP contribution < -0.4 is 0 Å². The molecular formula is C15H15O3. The Morgan fingerprint density at radius 3 is 2.78 bits per heavy atom. The summed E-state index contributed by atoms with van der Waals surface area (Å²) >= 11 is 0. The number of hydrogen-bond donors (Lipinski definition) is 0. The highest BCUT2D eigenvalue weighted by atomic mass is 16.5. The fraction of sp³-hybridized carbons (Fsp3) is 0.200. The normalized spacial score (nSPS) is 18.6. The maximum Gasteiger partial charge on any atom is 0.307 e. The van der Waals surface area contributed by atoms with Crippen molar-refractivity contribution in [1.82, 2.24) is 0 Å². The van der Waals surface area contributed by atoms with E-state index in [2.05, 4.69) is 6.08 Å². The number of carbonyl (C=O) groups excluding carboxylic acids is 1. The molecule has 3 heteroatoms. The molecule has 3 nitrogen and oxygen atoms in total. The molecule has 0 atom stereocenters. The van der Waals surface area contributed by atoms with Crippen LogP contribution in [0.25, 0.3) is 6.08 Å². The third kappa shape index (κ3) is 3.57. The molecule has 2 rings (SSSR count). The summed E-state index contributed by atoms with van der Waals surface area (Å²) in [6, 6.07) is 10.1. The molecule has 18 heavy (non-hydrogen) atoms. The number of hydrogen-bond acceptors (Lipinski definition) is 3. The first kappa shape index (κ1) is 12.6. The zero-order valence-electron chi connectivity index (χ0n) is 10.3. The monoisotopic (exact) mass is 243 g/mol. The Morgan fingerprint density at radius 2 is 2.06 bits per heavy atom. The van der Waals surface area contributed by atoms with Gasteiger partial charge in [-0.25, -0.2) is 0 Å². The van der Waals surface area contributed by atoms with Crippen LogP contribution in [-0.4, -0.2) is 19.2 Å². The van der Waals surface area contributed by atoms with E-state index in [9.17, 15) is 4.79 Å². The van der Waals surface area contributed by atoms with Gasteiger partial charge in [0.2, 0.25) is 0 Å². The molecule has 1 fully saturated rings. The van der Waals surface area contributed by atoms with E-state index in [4.69, 9.17) is 9.47 Å². The highest BCUT2D eigenvalue weighted by Crippen LogP contribution is 2.25. The van der Waals surface area contributed by atoms with E-state index in [-0.39, 0.29) is 5.97 Å². The minimum Gasteiger partial charge on any atom is -0.435 e. The summed E-state index contributed by atoms with van der Waals surface area (Å²) in [5.74, 6) is 0.722. The third-order valence-electron chi connectivity index (χ3n) is 2.57. The van der Waals surface area contributed by atoms with Crippen molar-refractivity contribution >= 4 is 12.0 Å². The molecule has 1 aromatic rings. The minimum absolute atomic E-state index is 0.320. The zero-order valence-corrected chi connectivity index (χ0v) is 10.3. The van der Waals surface area contributed by atoms with Gasteiger partial charge in [-0.05, 0) is 17.2 Å². The van der Waals surface area contributed by atoms with Crippen molar-refractivity contribution in [2.24, 2.45) is 0 Å². The largest absolute Gasteiger partial charge is 0.435 e. The fourth-order valence-corrected chi connectivity index (χ4v) is 1.71. The van der Waals surface area contributed by atoms with Gasteiger partial charge < -0.3 is 9.47 Å². The molecule has 1 heterocycles. The Morgan fingerprint density at radius 1 is 1.28 bits per heavy atom. The zero-order chi connectivity index (χ0) is 12.8. The quantitative estimate of drug-likeness (QED) is 0.605. The van der Waals surface area contributed by atoms with Gasteiger partial charge >= 0.3 is 5.97 Å². The fourth-order valence-electron chi connectivity index (χ4n) is 1.71. The van der Waals surface area contributed by atoms with E-state index in [0.717, 1.165) is 17.1 Å². The van der Waals surface area contributed by atoms with Crippen molar-refractivity contribution in [3.05, 3.63) is 59.7 Å². The SMILES string of the molecule is CC(=O)O/C=C/[C]1COC/C1=C/c1ccccc1. The minimum atomic E-state index is -0.320.